The van der Waals surface area contributed by atoms with Crippen LogP contribution in [0.15, 0.2) is 24.3 Å². The second-order valence-electron chi connectivity index (χ2n) is 3.85. The van der Waals surface area contributed by atoms with E-state index in [0.717, 1.165) is 22.0 Å². The number of carbonyl (C=O) groups is 1. The Bertz CT molecular complexity index is 543. The molecule has 76 valence electrons. The molecule has 0 saturated heterocycles. The predicted molar refractivity (Wildman–Crippen MR) is 61.2 cm³/mol. The lowest BCUT2D eigenvalue weighted by molar-refractivity contribution is 0.101. The van der Waals surface area contributed by atoms with Gasteiger partial charge in [-0.2, -0.15) is 0 Å². The number of hydrogen-bond acceptors (Lipinski definition) is 2. The van der Waals surface area contributed by atoms with Crippen molar-refractivity contribution in [3.63, 3.8) is 0 Å². The first kappa shape index (κ1) is 9.84. The molecule has 0 fully saturated rings. The minimum Gasteiger partial charge on any atom is -0.293 e. The highest BCUT2D eigenvalue weighted by Gasteiger charge is 2.07. The maximum atomic E-state index is 11.3. The molecule has 0 unspecified atom stereocenters. The van der Waals surface area contributed by atoms with Crippen molar-refractivity contribution in [2.75, 3.05) is 0 Å². The van der Waals surface area contributed by atoms with Gasteiger partial charge in [0.25, 0.3) is 0 Å². The number of fused-ring (bicyclic) bond motifs is 1. The van der Waals surface area contributed by atoms with Crippen LogP contribution in [-0.4, -0.2) is 10.8 Å². The molecule has 0 atom stereocenters. The summed E-state index contributed by atoms with van der Waals surface area (Å²) in [7, 11) is 0. The van der Waals surface area contributed by atoms with E-state index in [4.69, 9.17) is 0 Å². The van der Waals surface area contributed by atoms with Crippen molar-refractivity contribution in [1.82, 2.24) is 4.98 Å². The molecule has 0 aliphatic carbocycles. The van der Waals surface area contributed by atoms with Gasteiger partial charge in [0.15, 0.2) is 5.78 Å². The van der Waals surface area contributed by atoms with E-state index < -0.39 is 0 Å². The Labute approximate surface area is 89.0 Å². The molecule has 0 aliphatic heterocycles. The molecule has 2 rings (SSSR count). The van der Waals surface area contributed by atoms with Gasteiger partial charge in [0.1, 0.15) is 5.69 Å². The van der Waals surface area contributed by atoms with Gasteiger partial charge >= 0.3 is 0 Å². The number of benzene rings is 1. The summed E-state index contributed by atoms with van der Waals surface area (Å²) in [6, 6.07) is 7.91. The van der Waals surface area contributed by atoms with Crippen LogP contribution < -0.4 is 0 Å². The summed E-state index contributed by atoms with van der Waals surface area (Å²) in [6.07, 6.45) is 0. The second-order valence-corrected chi connectivity index (χ2v) is 3.85. The number of aryl methyl sites for hydroxylation is 2. The van der Waals surface area contributed by atoms with E-state index in [-0.39, 0.29) is 5.78 Å². The molecule has 0 amide bonds. The van der Waals surface area contributed by atoms with Gasteiger partial charge in [-0.05, 0) is 31.0 Å². The Morgan fingerprint density at radius 1 is 1.20 bits per heavy atom. The number of aromatic nitrogens is 1. The molecule has 0 bridgehead atoms. The number of ketones is 1. The Morgan fingerprint density at radius 2 is 1.93 bits per heavy atom. The van der Waals surface area contributed by atoms with Gasteiger partial charge in [0, 0.05) is 12.3 Å². The van der Waals surface area contributed by atoms with Crippen LogP contribution in [0, 0.1) is 13.8 Å². The van der Waals surface area contributed by atoms with Crippen LogP contribution in [0.3, 0.4) is 0 Å². The van der Waals surface area contributed by atoms with E-state index in [9.17, 15) is 4.79 Å². The van der Waals surface area contributed by atoms with Crippen molar-refractivity contribution in [3.05, 3.63) is 41.1 Å². The van der Waals surface area contributed by atoms with E-state index >= 15 is 0 Å². The number of hydrogen-bond donors (Lipinski definition) is 0. The van der Waals surface area contributed by atoms with Gasteiger partial charge < -0.3 is 0 Å². The molecule has 0 radical (unpaired) electrons. The first-order valence-corrected chi connectivity index (χ1v) is 4.97. The van der Waals surface area contributed by atoms with Crippen molar-refractivity contribution in [3.8, 4) is 0 Å². The van der Waals surface area contributed by atoms with Gasteiger partial charge in [-0.15, -0.1) is 0 Å². The normalized spacial score (nSPS) is 10.6. The monoisotopic (exact) mass is 199 g/mol. The predicted octanol–water partition coefficient (Wildman–Crippen LogP) is 3.05. The number of para-hydroxylation sites is 1. The van der Waals surface area contributed by atoms with Crippen LogP contribution >= 0.6 is 0 Å². The molecular formula is C13H13NO. The van der Waals surface area contributed by atoms with Crippen LogP contribution in [0.25, 0.3) is 10.9 Å². The molecule has 0 saturated carbocycles. The Hall–Kier alpha value is -1.70. The lowest BCUT2D eigenvalue weighted by Crippen LogP contribution is -1.99. The van der Waals surface area contributed by atoms with Crippen molar-refractivity contribution in [2.24, 2.45) is 0 Å². The molecule has 2 heteroatoms. The fourth-order valence-electron chi connectivity index (χ4n) is 1.74. The second kappa shape index (κ2) is 3.46. The Balaban J connectivity index is 2.85. The molecule has 0 aliphatic rings. The van der Waals surface area contributed by atoms with Gasteiger partial charge in [-0.1, -0.05) is 18.2 Å². The lowest BCUT2D eigenvalue weighted by atomic mass is 10.0. The molecule has 15 heavy (non-hydrogen) atoms. The average Bonchev–Trinajstić information content (AvgIpc) is 2.19. The third-order valence-electron chi connectivity index (χ3n) is 2.61. The summed E-state index contributed by atoms with van der Waals surface area (Å²) < 4.78 is 0. The first-order chi connectivity index (χ1) is 7.09. The summed E-state index contributed by atoms with van der Waals surface area (Å²) in [4.78, 5) is 15.7. The third kappa shape index (κ3) is 1.63. The van der Waals surface area contributed by atoms with Crippen LogP contribution in [0.5, 0.6) is 0 Å². The summed E-state index contributed by atoms with van der Waals surface area (Å²) in [5.74, 6) is 0.0169. The van der Waals surface area contributed by atoms with Crippen LogP contribution in [0.2, 0.25) is 0 Å². The van der Waals surface area contributed by atoms with E-state index in [1.54, 1.807) is 6.92 Å². The fourth-order valence-corrected chi connectivity index (χ4v) is 1.74. The molecule has 1 aromatic carbocycles. The summed E-state index contributed by atoms with van der Waals surface area (Å²) in [5, 5.41) is 1.13. The Kier molecular flexibility index (Phi) is 2.27. The fraction of sp³-hybridized carbons (Fsp3) is 0.231. The minimum atomic E-state index is 0.0169. The van der Waals surface area contributed by atoms with E-state index in [1.807, 2.05) is 38.1 Å². The van der Waals surface area contributed by atoms with Crippen LogP contribution in [0.1, 0.15) is 28.5 Å². The van der Waals surface area contributed by atoms with Gasteiger partial charge in [0.05, 0.1) is 5.52 Å². The number of rotatable bonds is 1. The molecular weight excluding hydrogens is 186 g/mol. The highest BCUT2D eigenvalue weighted by atomic mass is 16.1. The highest BCUT2D eigenvalue weighted by Crippen LogP contribution is 2.20. The van der Waals surface area contributed by atoms with E-state index in [1.165, 1.54) is 0 Å². The molecule has 0 N–H and O–H groups in total. The number of Topliss-reactive ketones (excluding diaryl/α,β-unsaturated/α-hetero) is 1. The quantitative estimate of drug-likeness (QED) is 0.661. The van der Waals surface area contributed by atoms with Crippen molar-refractivity contribution >= 4 is 16.7 Å². The molecule has 1 heterocycles. The molecule has 0 spiro atoms. The zero-order valence-electron chi connectivity index (χ0n) is 9.16. The van der Waals surface area contributed by atoms with E-state index in [0.29, 0.717) is 5.69 Å². The van der Waals surface area contributed by atoms with Crippen molar-refractivity contribution in [1.29, 1.82) is 0 Å². The van der Waals surface area contributed by atoms with Crippen LogP contribution in [-0.2, 0) is 0 Å². The van der Waals surface area contributed by atoms with Crippen LogP contribution in [0.4, 0.5) is 0 Å². The lowest BCUT2D eigenvalue weighted by Gasteiger charge is -2.06. The van der Waals surface area contributed by atoms with Gasteiger partial charge in [-0.25, -0.2) is 4.98 Å². The maximum Gasteiger partial charge on any atom is 0.178 e. The van der Waals surface area contributed by atoms with Crippen molar-refractivity contribution in [2.45, 2.75) is 20.8 Å². The third-order valence-corrected chi connectivity index (χ3v) is 2.61. The molecule has 2 aromatic rings. The standard InChI is InChI=1S/C13H13NO/c1-8-5-4-6-11-9(2)7-12(10(3)15)14-13(8)11/h4-7H,1-3H3. The topological polar surface area (TPSA) is 30.0 Å². The zero-order valence-corrected chi connectivity index (χ0v) is 9.16. The van der Waals surface area contributed by atoms with Gasteiger partial charge in [-0.3, -0.25) is 4.79 Å². The minimum absolute atomic E-state index is 0.0169. The summed E-state index contributed by atoms with van der Waals surface area (Å²) in [5.41, 5.74) is 3.70. The summed E-state index contributed by atoms with van der Waals surface area (Å²) >= 11 is 0. The van der Waals surface area contributed by atoms with E-state index in [2.05, 4.69) is 4.98 Å². The zero-order chi connectivity index (χ0) is 11.0. The first-order valence-electron chi connectivity index (χ1n) is 4.97. The number of nitrogens with zero attached hydrogens (tertiary/aromatic N) is 1. The van der Waals surface area contributed by atoms with Crippen molar-refractivity contribution < 1.29 is 4.79 Å². The molecule has 2 nitrogen and oxygen atoms in total. The SMILES string of the molecule is CC(=O)c1cc(C)c2cccc(C)c2n1. The number of pyridine rings is 1. The highest BCUT2D eigenvalue weighted by molar-refractivity contribution is 5.96. The number of carbonyl (C=O) groups excluding carboxylic acids is 1. The average molecular weight is 199 g/mol. The Morgan fingerprint density at radius 3 is 2.60 bits per heavy atom. The largest absolute Gasteiger partial charge is 0.293 e. The molecule has 1 aromatic heterocycles. The van der Waals surface area contributed by atoms with Gasteiger partial charge in [0.2, 0.25) is 0 Å². The maximum absolute atomic E-state index is 11.3. The summed E-state index contributed by atoms with van der Waals surface area (Å²) in [6.45, 7) is 5.57. The smallest absolute Gasteiger partial charge is 0.178 e.